The molecule has 1 aromatic carbocycles. The second kappa shape index (κ2) is 6.41. The van der Waals surface area contributed by atoms with Crippen molar-refractivity contribution in [1.82, 2.24) is 5.32 Å². The number of carbonyl (C=O) groups is 2. The van der Waals surface area contributed by atoms with E-state index >= 15 is 0 Å². The van der Waals surface area contributed by atoms with Gasteiger partial charge in [0, 0.05) is 18.2 Å². The number of hydrogen-bond acceptors (Lipinski definition) is 2. The van der Waals surface area contributed by atoms with Crippen molar-refractivity contribution in [2.45, 2.75) is 38.6 Å². The first-order chi connectivity index (χ1) is 9.54. The van der Waals surface area contributed by atoms with E-state index in [1.807, 2.05) is 25.1 Å². The zero-order valence-electron chi connectivity index (χ0n) is 11.6. The molecule has 0 saturated heterocycles. The number of rotatable bonds is 6. The fraction of sp³-hybridized carbons (Fsp3) is 0.467. The number of nitrogens with one attached hydrogen (secondary N) is 2. The van der Waals surface area contributed by atoms with Gasteiger partial charge in [0.2, 0.25) is 0 Å². The van der Waals surface area contributed by atoms with Crippen molar-refractivity contribution in [2.75, 3.05) is 5.32 Å². The van der Waals surface area contributed by atoms with Gasteiger partial charge in [0.15, 0.2) is 0 Å². The molecule has 5 heteroatoms. The Morgan fingerprint density at radius 2 is 2.15 bits per heavy atom. The van der Waals surface area contributed by atoms with Gasteiger partial charge in [-0.25, -0.2) is 4.79 Å². The molecule has 0 radical (unpaired) electrons. The first-order valence-corrected chi connectivity index (χ1v) is 6.93. The lowest BCUT2D eigenvalue weighted by atomic mass is 10.1. The van der Waals surface area contributed by atoms with Crippen molar-refractivity contribution in [2.24, 2.45) is 5.92 Å². The van der Waals surface area contributed by atoms with Crippen LogP contribution >= 0.6 is 0 Å². The molecule has 1 atom stereocenters. The van der Waals surface area contributed by atoms with Gasteiger partial charge in [0.05, 0.1) is 0 Å². The van der Waals surface area contributed by atoms with Gasteiger partial charge in [-0.3, -0.25) is 4.79 Å². The molecule has 3 N–H and O–H groups in total. The average Bonchev–Trinajstić information content (AvgIpc) is 3.20. The minimum absolute atomic E-state index is 0.0916. The minimum Gasteiger partial charge on any atom is -0.481 e. The van der Waals surface area contributed by atoms with Crippen LogP contribution in [0.5, 0.6) is 0 Å². The van der Waals surface area contributed by atoms with E-state index in [0.29, 0.717) is 18.0 Å². The van der Waals surface area contributed by atoms with E-state index in [9.17, 15) is 9.59 Å². The van der Waals surface area contributed by atoms with Crippen LogP contribution in [-0.4, -0.2) is 23.1 Å². The van der Waals surface area contributed by atoms with Crippen LogP contribution in [0.25, 0.3) is 0 Å². The van der Waals surface area contributed by atoms with Crippen molar-refractivity contribution in [3.05, 3.63) is 29.8 Å². The topological polar surface area (TPSA) is 78.4 Å². The van der Waals surface area contributed by atoms with Gasteiger partial charge < -0.3 is 15.7 Å². The average molecular weight is 276 g/mol. The third-order valence-electron chi connectivity index (χ3n) is 3.50. The van der Waals surface area contributed by atoms with Crippen LogP contribution in [0.15, 0.2) is 24.3 Å². The van der Waals surface area contributed by atoms with Crippen LogP contribution < -0.4 is 10.6 Å². The molecule has 0 aliphatic heterocycles. The molecular formula is C15H20N2O3. The second-order valence-corrected chi connectivity index (χ2v) is 5.32. The number of carboxylic acid groups (broad SMARTS) is 1. The largest absolute Gasteiger partial charge is 0.481 e. The number of anilines is 1. The Labute approximate surface area is 118 Å². The first-order valence-electron chi connectivity index (χ1n) is 6.93. The summed E-state index contributed by atoms with van der Waals surface area (Å²) in [6.45, 7) is 2.01. The molecule has 1 unspecified atom stereocenters. The van der Waals surface area contributed by atoms with Gasteiger partial charge in [-0.1, -0.05) is 12.1 Å². The maximum atomic E-state index is 11.8. The zero-order chi connectivity index (χ0) is 14.5. The first kappa shape index (κ1) is 14.4. The normalized spacial score (nSPS) is 15.4. The summed E-state index contributed by atoms with van der Waals surface area (Å²) in [5, 5.41) is 14.4. The molecule has 1 aromatic rings. The monoisotopic (exact) mass is 276 g/mol. The zero-order valence-corrected chi connectivity index (χ0v) is 11.6. The summed E-state index contributed by atoms with van der Waals surface area (Å²) in [6.07, 6.45) is 2.93. The second-order valence-electron chi connectivity index (χ2n) is 5.32. The van der Waals surface area contributed by atoms with Crippen molar-refractivity contribution >= 4 is 17.7 Å². The fourth-order valence-corrected chi connectivity index (χ4v) is 2.14. The number of amides is 2. The van der Waals surface area contributed by atoms with Crippen LogP contribution in [0.4, 0.5) is 10.5 Å². The van der Waals surface area contributed by atoms with Gasteiger partial charge in [-0.05, 0) is 49.8 Å². The molecule has 0 aromatic heterocycles. The molecule has 1 fully saturated rings. The van der Waals surface area contributed by atoms with E-state index in [1.165, 1.54) is 12.8 Å². The Hall–Kier alpha value is -2.04. The maximum Gasteiger partial charge on any atom is 0.319 e. The Kier molecular flexibility index (Phi) is 4.61. The predicted molar refractivity (Wildman–Crippen MR) is 76.7 cm³/mol. The van der Waals surface area contributed by atoms with Crippen molar-refractivity contribution in [3.8, 4) is 0 Å². The Balaban J connectivity index is 1.86. The standard InChI is InChI=1S/C15H20N2O3/c1-10(12-6-7-12)16-15(20)17-13-4-2-3-11(9-13)5-8-14(18)19/h2-4,9-10,12H,5-8H2,1H3,(H,18,19)(H2,16,17,20). The smallest absolute Gasteiger partial charge is 0.319 e. The highest BCUT2D eigenvalue weighted by Crippen LogP contribution is 2.32. The molecule has 1 aliphatic carbocycles. The van der Waals surface area contributed by atoms with Gasteiger partial charge >= 0.3 is 12.0 Å². The van der Waals surface area contributed by atoms with Crippen LogP contribution in [0.3, 0.4) is 0 Å². The molecular weight excluding hydrogens is 256 g/mol. The third kappa shape index (κ3) is 4.57. The quantitative estimate of drug-likeness (QED) is 0.747. The van der Waals surface area contributed by atoms with E-state index in [0.717, 1.165) is 5.56 Å². The molecule has 2 amide bonds. The molecule has 0 heterocycles. The van der Waals surface area contributed by atoms with Crippen LogP contribution in [0.2, 0.25) is 0 Å². The number of aryl methyl sites for hydroxylation is 1. The number of carboxylic acids is 1. The summed E-state index contributed by atoms with van der Waals surface area (Å²) in [5.41, 5.74) is 1.59. The van der Waals surface area contributed by atoms with E-state index in [4.69, 9.17) is 5.11 Å². The predicted octanol–water partition coefficient (Wildman–Crippen LogP) is 2.62. The molecule has 0 bridgehead atoms. The van der Waals surface area contributed by atoms with Gasteiger partial charge in [-0.2, -0.15) is 0 Å². The Morgan fingerprint density at radius 1 is 1.40 bits per heavy atom. The third-order valence-corrected chi connectivity index (χ3v) is 3.50. The number of aliphatic carboxylic acids is 1. The lowest BCUT2D eigenvalue weighted by Crippen LogP contribution is -2.37. The Bertz CT molecular complexity index is 498. The number of carbonyl (C=O) groups excluding carboxylic acids is 1. The molecule has 1 aliphatic rings. The summed E-state index contributed by atoms with van der Waals surface area (Å²) < 4.78 is 0. The highest BCUT2D eigenvalue weighted by molar-refractivity contribution is 5.89. The van der Waals surface area contributed by atoms with Crippen LogP contribution in [-0.2, 0) is 11.2 Å². The molecule has 0 spiro atoms. The SMILES string of the molecule is CC(NC(=O)Nc1cccc(CCC(=O)O)c1)C1CC1. The summed E-state index contributed by atoms with van der Waals surface area (Å²) in [4.78, 5) is 22.4. The molecule has 1 saturated carbocycles. The summed E-state index contributed by atoms with van der Waals surface area (Å²) in [6, 6.07) is 7.27. The minimum atomic E-state index is -0.820. The molecule has 20 heavy (non-hydrogen) atoms. The van der Waals surface area contributed by atoms with Gasteiger partial charge in [0.1, 0.15) is 0 Å². The molecule has 2 rings (SSSR count). The van der Waals surface area contributed by atoms with Crippen LogP contribution in [0.1, 0.15) is 31.7 Å². The Morgan fingerprint density at radius 3 is 2.80 bits per heavy atom. The summed E-state index contributed by atoms with van der Waals surface area (Å²) >= 11 is 0. The summed E-state index contributed by atoms with van der Waals surface area (Å²) in [7, 11) is 0. The van der Waals surface area contributed by atoms with Gasteiger partial charge in [0.25, 0.3) is 0 Å². The number of hydrogen-bond donors (Lipinski definition) is 3. The summed E-state index contributed by atoms with van der Waals surface area (Å²) in [5.74, 6) is -0.206. The van der Waals surface area contributed by atoms with Crippen molar-refractivity contribution < 1.29 is 14.7 Å². The molecule has 5 nitrogen and oxygen atoms in total. The van der Waals surface area contributed by atoms with E-state index in [1.54, 1.807) is 6.07 Å². The highest BCUT2D eigenvalue weighted by atomic mass is 16.4. The number of urea groups is 1. The van der Waals surface area contributed by atoms with E-state index in [2.05, 4.69) is 10.6 Å². The maximum absolute atomic E-state index is 11.8. The van der Waals surface area contributed by atoms with Crippen molar-refractivity contribution in [3.63, 3.8) is 0 Å². The number of benzene rings is 1. The highest BCUT2D eigenvalue weighted by Gasteiger charge is 2.28. The van der Waals surface area contributed by atoms with E-state index < -0.39 is 5.97 Å². The van der Waals surface area contributed by atoms with E-state index in [-0.39, 0.29) is 18.5 Å². The van der Waals surface area contributed by atoms with Crippen molar-refractivity contribution in [1.29, 1.82) is 0 Å². The van der Waals surface area contributed by atoms with Crippen LogP contribution in [0, 0.1) is 5.92 Å². The van der Waals surface area contributed by atoms with Gasteiger partial charge in [-0.15, -0.1) is 0 Å². The lowest BCUT2D eigenvalue weighted by molar-refractivity contribution is -0.136. The fourth-order valence-electron chi connectivity index (χ4n) is 2.14. The molecule has 108 valence electrons. The lowest BCUT2D eigenvalue weighted by Gasteiger charge is -2.14.